The number of amides is 1. The number of halogens is 1. The molecular formula is C20H25FN2O3. The van der Waals surface area contributed by atoms with E-state index >= 15 is 0 Å². The minimum Gasteiger partial charge on any atom is -0.481 e. The molecule has 2 bridgehead atoms. The fourth-order valence-electron chi connectivity index (χ4n) is 5.23. The fourth-order valence-corrected chi connectivity index (χ4v) is 5.23. The van der Waals surface area contributed by atoms with E-state index in [0.29, 0.717) is 19.6 Å². The summed E-state index contributed by atoms with van der Waals surface area (Å²) in [6.07, 6.45) is 2.84. The quantitative estimate of drug-likeness (QED) is 0.894. The van der Waals surface area contributed by atoms with Crippen molar-refractivity contribution in [2.24, 2.45) is 23.7 Å². The Kier molecular flexibility index (Phi) is 4.69. The summed E-state index contributed by atoms with van der Waals surface area (Å²) in [5.74, 6) is -1.39. The van der Waals surface area contributed by atoms with E-state index in [-0.39, 0.29) is 29.5 Å². The van der Waals surface area contributed by atoms with Crippen molar-refractivity contribution in [3.05, 3.63) is 35.6 Å². The zero-order valence-corrected chi connectivity index (χ0v) is 14.8. The van der Waals surface area contributed by atoms with Crippen molar-refractivity contribution in [1.29, 1.82) is 0 Å². The smallest absolute Gasteiger partial charge is 0.307 e. The van der Waals surface area contributed by atoms with Crippen molar-refractivity contribution in [3.63, 3.8) is 0 Å². The van der Waals surface area contributed by atoms with Crippen LogP contribution in [0.3, 0.4) is 0 Å². The predicted molar refractivity (Wildman–Crippen MR) is 93.7 cm³/mol. The Morgan fingerprint density at radius 1 is 1.08 bits per heavy atom. The van der Waals surface area contributed by atoms with E-state index in [2.05, 4.69) is 4.90 Å². The monoisotopic (exact) mass is 360 g/mol. The Labute approximate surface area is 152 Å². The molecule has 4 rings (SSSR count). The maximum absolute atomic E-state index is 13.3. The van der Waals surface area contributed by atoms with Gasteiger partial charge in [-0.2, -0.15) is 0 Å². The van der Waals surface area contributed by atoms with E-state index in [1.54, 1.807) is 12.1 Å². The van der Waals surface area contributed by atoms with Gasteiger partial charge in [-0.3, -0.25) is 14.5 Å². The van der Waals surface area contributed by atoms with Crippen LogP contribution in [0.1, 0.15) is 24.8 Å². The number of nitrogens with zero attached hydrogens (tertiary/aromatic N) is 2. The summed E-state index contributed by atoms with van der Waals surface area (Å²) < 4.78 is 13.3. The summed E-state index contributed by atoms with van der Waals surface area (Å²) in [5.41, 5.74) is 0.934. The van der Waals surface area contributed by atoms with E-state index < -0.39 is 11.9 Å². The Balaban J connectivity index is 1.36. The second-order valence-electron chi connectivity index (χ2n) is 7.95. The number of piperazine rings is 1. The van der Waals surface area contributed by atoms with Crippen LogP contribution in [0.4, 0.5) is 4.39 Å². The Hall–Kier alpha value is -1.95. The van der Waals surface area contributed by atoms with E-state index in [4.69, 9.17) is 0 Å². The molecule has 0 unspecified atom stereocenters. The molecule has 1 N–H and O–H groups in total. The summed E-state index contributed by atoms with van der Waals surface area (Å²) in [4.78, 5) is 28.7. The van der Waals surface area contributed by atoms with Gasteiger partial charge >= 0.3 is 5.97 Å². The Morgan fingerprint density at radius 3 is 2.42 bits per heavy atom. The van der Waals surface area contributed by atoms with Gasteiger partial charge in [-0.25, -0.2) is 4.39 Å². The summed E-state index contributed by atoms with van der Waals surface area (Å²) in [6.45, 7) is 3.38. The highest BCUT2D eigenvalue weighted by molar-refractivity contribution is 5.86. The minimum absolute atomic E-state index is 0.0370. The topological polar surface area (TPSA) is 60.9 Å². The summed E-state index contributed by atoms with van der Waals surface area (Å²) >= 11 is 0. The van der Waals surface area contributed by atoms with Gasteiger partial charge in [-0.1, -0.05) is 12.1 Å². The van der Waals surface area contributed by atoms with Crippen LogP contribution in [0.15, 0.2) is 24.3 Å². The van der Waals surface area contributed by atoms with Crippen molar-refractivity contribution in [2.75, 3.05) is 26.2 Å². The van der Waals surface area contributed by atoms with Crippen LogP contribution in [-0.4, -0.2) is 53.0 Å². The van der Waals surface area contributed by atoms with E-state index in [9.17, 15) is 19.1 Å². The zero-order chi connectivity index (χ0) is 18.3. The normalized spacial score (nSPS) is 31.3. The van der Waals surface area contributed by atoms with Gasteiger partial charge in [0.25, 0.3) is 0 Å². The molecule has 3 aliphatic rings. The number of aliphatic carboxylic acids is 1. The van der Waals surface area contributed by atoms with Gasteiger partial charge in [0, 0.05) is 32.7 Å². The predicted octanol–water partition coefficient (Wildman–Crippen LogP) is 2.22. The van der Waals surface area contributed by atoms with Gasteiger partial charge in [0.05, 0.1) is 11.8 Å². The summed E-state index contributed by atoms with van der Waals surface area (Å²) in [5, 5.41) is 9.57. The zero-order valence-electron chi connectivity index (χ0n) is 14.8. The molecule has 0 radical (unpaired) electrons. The molecule has 2 aliphatic carbocycles. The average Bonchev–Trinajstić information content (AvgIpc) is 3.23. The molecule has 1 saturated heterocycles. The third kappa shape index (κ3) is 3.22. The number of carbonyl (C=O) groups is 2. The lowest BCUT2D eigenvalue weighted by Crippen LogP contribution is -2.52. The second kappa shape index (κ2) is 6.99. The van der Waals surface area contributed by atoms with Crippen LogP contribution in [0.5, 0.6) is 0 Å². The number of carbonyl (C=O) groups excluding carboxylic acids is 1. The molecule has 0 spiro atoms. The highest BCUT2D eigenvalue weighted by atomic mass is 19.1. The number of hydrogen-bond donors (Lipinski definition) is 1. The van der Waals surface area contributed by atoms with Crippen LogP contribution in [0.25, 0.3) is 0 Å². The lowest BCUT2D eigenvalue weighted by atomic mass is 9.78. The highest BCUT2D eigenvalue weighted by Crippen LogP contribution is 2.53. The Bertz CT molecular complexity index is 702. The first kappa shape index (κ1) is 17.5. The molecule has 1 heterocycles. The van der Waals surface area contributed by atoms with Crippen molar-refractivity contribution in [2.45, 2.75) is 25.8 Å². The molecule has 5 nitrogen and oxygen atoms in total. The first-order valence-electron chi connectivity index (χ1n) is 9.51. The number of fused-ring (bicyclic) bond motifs is 2. The maximum atomic E-state index is 13.3. The van der Waals surface area contributed by atoms with Crippen molar-refractivity contribution >= 4 is 11.9 Å². The fraction of sp³-hybridized carbons (Fsp3) is 0.600. The number of benzene rings is 1. The highest BCUT2D eigenvalue weighted by Gasteiger charge is 2.54. The lowest BCUT2D eigenvalue weighted by Gasteiger charge is -2.38. The third-order valence-electron chi connectivity index (χ3n) is 6.47. The van der Waals surface area contributed by atoms with Crippen molar-refractivity contribution in [1.82, 2.24) is 9.80 Å². The van der Waals surface area contributed by atoms with E-state index in [1.807, 2.05) is 11.0 Å². The second-order valence-corrected chi connectivity index (χ2v) is 7.95. The standard InChI is InChI=1S/C20H25FN2O3/c21-16-3-1-2-13(10-16)12-22-6-8-23(9-7-22)19(24)17-14-4-5-15(11-14)18(17)20(25)26/h1-3,10,14-15,17-18H,4-9,11-12H2,(H,25,26)/t14-,15-,17+,18+/m0/s1. The lowest BCUT2D eigenvalue weighted by molar-refractivity contribution is -0.153. The molecule has 1 aliphatic heterocycles. The summed E-state index contributed by atoms with van der Waals surface area (Å²) in [6, 6.07) is 6.61. The molecule has 2 saturated carbocycles. The van der Waals surface area contributed by atoms with E-state index in [0.717, 1.165) is 37.9 Å². The first-order chi connectivity index (χ1) is 12.5. The van der Waals surface area contributed by atoms with Crippen LogP contribution in [0.2, 0.25) is 0 Å². The molecule has 26 heavy (non-hydrogen) atoms. The molecule has 140 valence electrons. The molecule has 0 aromatic heterocycles. The van der Waals surface area contributed by atoms with Gasteiger partial charge in [0.15, 0.2) is 0 Å². The van der Waals surface area contributed by atoms with Gasteiger partial charge < -0.3 is 10.0 Å². The molecule has 1 aromatic rings. The number of rotatable bonds is 4. The largest absolute Gasteiger partial charge is 0.481 e. The number of hydrogen-bond acceptors (Lipinski definition) is 3. The molecule has 3 fully saturated rings. The van der Waals surface area contributed by atoms with Crippen LogP contribution < -0.4 is 0 Å². The molecular weight excluding hydrogens is 335 g/mol. The number of carboxylic acids is 1. The van der Waals surface area contributed by atoms with Crippen molar-refractivity contribution < 1.29 is 19.1 Å². The maximum Gasteiger partial charge on any atom is 0.307 e. The van der Waals surface area contributed by atoms with Gasteiger partial charge in [0.2, 0.25) is 5.91 Å². The van der Waals surface area contributed by atoms with E-state index in [1.165, 1.54) is 6.07 Å². The SMILES string of the molecule is O=C(O)[C@@H]1[C@H]2CC[C@@H](C2)[C@H]1C(=O)N1CCN(Cc2cccc(F)c2)CC1. The first-order valence-corrected chi connectivity index (χ1v) is 9.51. The van der Waals surface area contributed by atoms with Gasteiger partial charge in [-0.05, 0) is 48.8 Å². The molecule has 1 amide bonds. The van der Waals surface area contributed by atoms with Crippen LogP contribution in [-0.2, 0) is 16.1 Å². The Morgan fingerprint density at radius 2 is 1.77 bits per heavy atom. The van der Waals surface area contributed by atoms with Crippen LogP contribution in [0, 0.1) is 29.5 Å². The van der Waals surface area contributed by atoms with Crippen LogP contribution >= 0.6 is 0 Å². The third-order valence-corrected chi connectivity index (χ3v) is 6.47. The van der Waals surface area contributed by atoms with Gasteiger partial charge in [-0.15, -0.1) is 0 Å². The number of carboxylic acid groups (broad SMARTS) is 1. The molecule has 1 aromatic carbocycles. The average molecular weight is 360 g/mol. The van der Waals surface area contributed by atoms with Gasteiger partial charge in [0.1, 0.15) is 5.82 Å². The molecule has 4 atom stereocenters. The molecule has 6 heteroatoms. The summed E-state index contributed by atoms with van der Waals surface area (Å²) in [7, 11) is 0. The van der Waals surface area contributed by atoms with Crippen molar-refractivity contribution in [3.8, 4) is 0 Å². The minimum atomic E-state index is -0.805.